The van der Waals surface area contributed by atoms with Crippen LogP contribution in [-0.2, 0) is 0 Å². The number of halogens is 3. The van der Waals surface area contributed by atoms with Crippen molar-refractivity contribution >= 4 is 5.82 Å². The van der Waals surface area contributed by atoms with Crippen molar-refractivity contribution in [2.45, 2.75) is 6.18 Å². The van der Waals surface area contributed by atoms with Gasteiger partial charge in [-0.05, 0) is 0 Å². The van der Waals surface area contributed by atoms with E-state index in [4.69, 9.17) is 4.74 Å². The summed E-state index contributed by atoms with van der Waals surface area (Å²) in [6.07, 6.45) is -3.34. The minimum atomic E-state index is -4.42. The summed E-state index contributed by atoms with van der Waals surface area (Å²) < 4.78 is 45.2. The lowest BCUT2D eigenvalue weighted by molar-refractivity contribution is -0.154. The van der Waals surface area contributed by atoms with Crippen LogP contribution in [0.25, 0.3) is 0 Å². The fourth-order valence-electron chi connectivity index (χ4n) is 0.973. The number of methoxy groups -OCH3 is 1. The number of rotatable bonds is 4. The molecule has 0 aliphatic rings. The first-order valence-electron chi connectivity index (χ1n) is 4.24. The molecule has 1 rings (SSSR count). The molecular formula is C8H10F3N3O2. The SMILES string of the molecule is CNc1ncnc(OCC(F)(F)F)c1OC. The highest BCUT2D eigenvalue weighted by atomic mass is 19.4. The van der Waals surface area contributed by atoms with Gasteiger partial charge in [-0.1, -0.05) is 0 Å². The topological polar surface area (TPSA) is 56.3 Å². The molecule has 0 aromatic carbocycles. The maximum Gasteiger partial charge on any atom is 0.422 e. The zero-order chi connectivity index (χ0) is 12.2. The Hall–Kier alpha value is -1.73. The predicted octanol–water partition coefficient (Wildman–Crippen LogP) is 1.47. The molecule has 8 heteroatoms. The van der Waals surface area contributed by atoms with Crippen molar-refractivity contribution in [3.8, 4) is 11.6 Å². The van der Waals surface area contributed by atoms with E-state index in [2.05, 4.69) is 20.0 Å². The van der Waals surface area contributed by atoms with Crippen molar-refractivity contribution in [3.05, 3.63) is 6.33 Å². The zero-order valence-corrected chi connectivity index (χ0v) is 8.63. The van der Waals surface area contributed by atoms with Crippen LogP contribution in [-0.4, -0.2) is 36.9 Å². The molecule has 0 radical (unpaired) electrons. The van der Waals surface area contributed by atoms with Gasteiger partial charge in [-0.15, -0.1) is 0 Å². The molecule has 0 amide bonds. The van der Waals surface area contributed by atoms with Crippen molar-refractivity contribution in [3.63, 3.8) is 0 Å². The fraction of sp³-hybridized carbons (Fsp3) is 0.500. The molecule has 0 atom stereocenters. The number of nitrogens with one attached hydrogen (secondary N) is 1. The van der Waals surface area contributed by atoms with Crippen molar-refractivity contribution in [1.29, 1.82) is 0 Å². The van der Waals surface area contributed by atoms with E-state index < -0.39 is 12.8 Å². The van der Waals surface area contributed by atoms with Crippen molar-refractivity contribution in [1.82, 2.24) is 9.97 Å². The van der Waals surface area contributed by atoms with Crippen LogP contribution in [0.4, 0.5) is 19.0 Å². The number of alkyl halides is 3. The normalized spacial score (nSPS) is 11.1. The van der Waals surface area contributed by atoms with Gasteiger partial charge in [0.2, 0.25) is 5.75 Å². The summed E-state index contributed by atoms with van der Waals surface area (Å²) in [6, 6.07) is 0. The first-order chi connectivity index (χ1) is 7.48. The summed E-state index contributed by atoms with van der Waals surface area (Å²) in [5.74, 6) is 0.0445. The molecule has 0 unspecified atom stereocenters. The first-order valence-corrected chi connectivity index (χ1v) is 4.24. The molecule has 0 saturated heterocycles. The van der Waals surface area contributed by atoms with Gasteiger partial charge in [-0.3, -0.25) is 0 Å². The Morgan fingerprint density at radius 2 is 2.06 bits per heavy atom. The van der Waals surface area contributed by atoms with Crippen LogP contribution in [0, 0.1) is 0 Å². The second kappa shape index (κ2) is 4.86. The molecule has 0 saturated carbocycles. The van der Waals surface area contributed by atoms with Crippen molar-refractivity contribution in [2.75, 3.05) is 26.1 Å². The molecule has 1 N–H and O–H groups in total. The second-order valence-corrected chi connectivity index (χ2v) is 2.71. The molecule has 1 aromatic rings. The largest absolute Gasteiger partial charge is 0.489 e. The molecule has 0 aliphatic carbocycles. The van der Waals surface area contributed by atoms with Crippen molar-refractivity contribution in [2.24, 2.45) is 0 Å². The molecule has 0 bridgehead atoms. The third-order valence-corrected chi connectivity index (χ3v) is 1.58. The molecular weight excluding hydrogens is 227 g/mol. The lowest BCUT2D eigenvalue weighted by Gasteiger charge is -2.12. The van der Waals surface area contributed by atoms with Gasteiger partial charge < -0.3 is 14.8 Å². The third-order valence-electron chi connectivity index (χ3n) is 1.58. The smallest absolute Gasteiger partial charge is 0.422 e. The molecule has 0 aliphatic heterocycles. The van der Waals surface area contributed by atoms with Crippen LogP contribution < -0.4 is 14.8 Å². The monoisotopic (exact) mass is 237 g/mol. The molecule has 90 valence electrons. The number of hydrogen-bond donors (Lipinski definition) is 1. The van der Waals surface area contributed by atoms with Crippen molar-refractivity contribution < 1.29 is 22.6 Å². The number of anilines is 1. The molecule has 1 aromatic heterocycles. The highest BCUT2D eigenvalue weighted by Crippen LogP contribution is 2.31. The highest BCUT2D eigenvalue weighted by Gasteiger charge is 2.29. The van der Waals surface area contributed by atoms with E-state index in [9.17, 15) is 13.2 Å². The van der Waals surface area contributed by atoms with Gasteiger partial charge in [0.25, 0.3) is 5.88 Å². The van der Waals surface area contributed by atoms with Crippen LogP contribution in [0.1, 0.15) is 0 Å². The lowest BCUT2D eigenvalue weighted by Crippen LogP contribution is -2.20. The van der Waals surface area contributed by atoms with E-state index in [1.165, 1.54) is 7.11 Å². The molecule has 5 nitrogen and oxygen atoms in total. The van der Waals surface area contributed by atoms with Crippen LogP contribution in [0.2, 0.25) is 0 Å². The Bertz CT molecular complexity index is 357. The van der Waals surface area contributed by atoms with Gasteiger partial charge >= 0.3 is 6.18 Å². The Kier molecular flexibility index (Phi) is 3.75. The maximum absolute atomic E-state index is 11.9. The highest BCUT2D eigenvalue weighted by molar-refractivity contribution is 5.54. The standard InChI is InChI=1S/C8H10F3N3O2/c1-12-6-5(15-2)7(14-4-13-6)16-3-8(9,10)11/h4H,3H2,1-2H3,(H,12,13,14). The van der Waals surface area contributed by atoms with Gasteiger partial charge in [0.1, 0.15) is 6.33 Å². The zero-order valence-electron chi connectivity index (χ0n) is 8.63. The van der Waals surface area contributed by atoms with Crippen LogP contribution in [0.5, 0.6) is 11.6 Å². The van der Waals surface area contributed by atoms with Crippen LogP contribution in [0.15, 0.2) is 6.33 Å². The van der Waals surface area contributed by atoms with Crippen LogP contribution in [0.3, 0.4) is 0 Å². The maximum atomic E-state index is 11.9. The molecule has 0 spiro atoms. The average molecular weight is 237 g/mol. The summed E-state index contributed by atoms with van der Waals surface area (Å²) >= 11 is 0. The number of hydrogen-bond acceptors (Lipinski definition) is 5. The molecule has 1 heterocycles. The quantitative estimate of drug-likeness (QED) is 0.859. The summed E-state index contributed by atoms with van der Waals surface area (Å²) in [6.45, 7) is -1.43. The molecule has 0 fully saturated rings. The summed E-state index contributed by atoms with van der Waals surface area (Å²) in [4.78, 5) is 7.33. The van der Waals surface area contributed by atoms with Gasteiger partial charge in [-0.2, -0.15) is 18.2 Å². The fourth-order valence-corrected chi connectivity index (χ4v) is 0.973. The van der Waals surface area contributed by atoms with E-state index in [0.717, 1.165) is 6.33 Å². The van der Waals surface area contributed by atoms with E-state index in [1.807, 2.05) is 0 Å². The number of ether oxygens (including phenoxy) is 2. The van der Waals surface area contributed by atoms with Gasteiger partial charge in [0.05, 0.1) is 7.11 Å². The van der Waals surface area contributed by atoms with Crippen LogP contribution >= 0.6 is 0 Å². The van der Waals surface area contributed by atoms with E-state index in [1.54, 1.807) is 7.05 Å². The van der Waals surface area contributed by atoms with Gasteiger partial charge in [-0.25, -0.2) is 4.98 Å². The Morgan fingerprint density at radius 1 is 1.38 bits per heavy atom. The van der Waals surface area contributed by atoms with E-state index >= 15 is 0 Å². The second-order valence-electron chi connectivity index (χ2n) is 2.71. The average Bonchev–Trinajstić information content (AvgIpc) is 2.24. The summed E-state index contributed by atoms with van der Waals surface area (Å²) in [7, 11) is 2.85. The minimum Gasteiger partial charge on any atom is -0.489 e. The summed E-state index contributed by atoms with van der Waals surface area (Å²) in [5, 5.41) is 2.65. The number of nitrogens with zero attached hydrogens (tertiary/aromatic N) is 2. The third kappa shape index (κ3) is 3.14. The first kappa shape index (κ1) is 12.3. The van der Waals surface area contributed by atoms with Gasteiger partial charge in [0.15, 0.2) is 12.4 Å². The predicted molar refractivity (Wildman–Crippen MR) is 49.7 cm³/mol. The van der Waals surface area contributed by atoms with E-state index in [-0.39, 0.29) is 17.4 Å². The number of aromatic nitrogens is 2. The van der Waals surface area contributed by atoms with Gasteiger partial charge in [0, 0.05) is 7.05 Å². The Morgan fingerprint density at radius 3 is 2.56 bits per heavy atom. The summed E-state index contributed by atoms with van der Waals surface area (Å²) in [5.41, 5.74) is 0. The van der Waals surface area contributed by atoms with E-state index in [0.29, 0.717) is 0 Å². The minimum absolute atomic E-state index is 0.0363. The lowest BCUT2D eigenvalue weighted by atomic mass is 10.5. The molecule has 16 heavy (non-hydrogen) atoms. The Balaban J connectivity index is 2.87. The Labute approximate surface area is 89.6 Å².